The van der Waals surface area contributed by atoms with E-state index in [0.29, 0.717) is 11.3 Å². The van der Waals surface area contributed by atoms with Gasteiger partial charge in [0.1, 0.15) is 11.5 Å². The van der Waals surface area contributed by atoms with Crippen LogP contribution in [-0.4, -0.2) is 0 Å². The zero-order chi connectivity index (χ0) is 14.8. The molecule has 0 aromatic heterocycles. The third-order valence-corrected chi connectivity index (χ3v) is 2.85. The Bertz CT molecular complexity index is 608. The predicted octanol–water partition coefficient (Wildman–Crippen LogP) is 4.26. The number of para-hydroxylation sites is 1. The molecule has 0 bridgehead atoms. The lowest BCUT2D eigenvalue weighted by Gasteiger charge is -2.15. The smallest absolute Gasteiger partial charge is 0.419 e. The second-order valence-electron chi connectivity index (χ2n) is 4.41. The van der Waals surface area contributed by atoms with E-state index in [1.54, 1.807) is 12.1 Å². The maximum absolute atomic E-state index is 12.9. The summed E-state index contributed by atoms with van der Waals surface area (Å²) in [6.45, 7) is 2.03. The number of halogens is 3. The molecule has 0 aliphatic carbocycles. The van der Waals surface area contributed by atoms with Gasteiger partial charge in [0.25, 0.3) is 0 Å². The molecule has 0 saturated heterocycles. The van der Waals surface area contributed by atoms with Crippen molar-refractivity contribution in [3.63, 3.8) is 0 Å². The van der Waals surface area contributed by atoms with Gasteiger partial charge in [-0.25, -0.2) is 0 Å². The molecule has 0 spiro atoms. The number of alkyl halides is 3. The van der Waals surface area contributed by atoms with Crippen LogP contribution in [0.4, 0.5) is 13.2 Å². The van der Waals surface area contributed by atoms with Gasteiger partial charge < -0.3 is 10.5 Å². The van der Waals surface area contributed by atoms with Gasteiger partial charge in [0.05, 0.1) is 5.56 Å². The van der Waals surface area contributed by atoms with Crippen molar-refractivity contribution in [1.82, 2.24) is 0 Å². The van der Waals surface area contributed by atoms with Crippen molar-refractivity contribution in [1.29, 1.82) is 0 Å². The standard InChI is InChI=1S/C15H14F3NO/c1-10-6-7-11(9-19)14(8-10)20-13-5-3-2-4-12(13)15(16,17)18/h2-8H,9,19H2,1H3. The quantitative estimate of drug-likeness (QED) is 0.912. The minimum Gasteiger partial charge on any atom is -0.456 e. The molecule has 2 aromatic carbocycles. The minimum atomic E-state index is -4.46. The Balaban J connectivity index is 2.43. The minimum absolute atomic E-state index is 0.198. The molecule has 0 fully saturated rings. The van der Waals surface area contributed by atoms with Crippen LogP contribution in [0.5, 0.6) is 11.5 Å². The Morgan fingerprint density at radius 2 is 1.75 bits per heavy atom. The Labute approximate surface area is 115 Å². The van der Waals surface area contributed by atoms with Gasteiger partial charge in [0.15, 0.2) is 0 Å². The Morgan fingerprint density at radius 1 is 1.05 bits per heavy atom. The largest absolute Gasteiger partial charge is 0.456 e. The molecule has 0 amide bonds. The number of hydrogen-bond acceptors (Lipinski definition) is 2. The highest BCUT2D eigenvalue weighted by atomic mass is 19.4. The monoisotopic (exact) mass is 281 g/mol. The molecular formula is C15H14F3NO. The number of benzene rings is 2. The fourth-order valence-corrected chi connectivity index (χ4v) is 1.83. The zero-order valence-electron chi connectivity index (χ0n) is 10.9. The number of hydrogen-bond donors (Lipinski definition) is 1. The molecule has 0 radical (unpaired) electrons. The number of aryl methyl sites for hydroxylation is 1. The van der Waals surface area contributed by atoms with Gasteiger partial charge in [-0.1, -0.05) is 24.3 Å². The van der Waals surface area contributed by atoms with Crippen LogP contribution in [0.3, 0.4) is 0 Å². The Kier molecular flexibility index (Phi) is 3.99. The van der Waals surface area contributed by atoms with Gasteiger partial charge in [0.2, 0.25) is 0 Å². The molecule has 20 heavy (non-hydrogen) atoms. The first-order valence-corrected chi connectivity index (χ1v) is 6.05. The normalized spacial score (nSPS) is 11.4. The van der Waals surface area contributed by atoms with Crippen molar-refractivity contribution in [2.24, 2.45) is 5.73 Å². The molecule has 0 aliphatic rings. The second-order valence-corrected chi connectivity index (χ2v) is 4.41. The molecule has 0 atom stereocenters. The average Bonchev–Trinajstić information content (AvgIpc) is 2.38. The topological polar surface area (TPSA) is 35.2 Å². The van der Waals surface area contributed by atoms with Crippen molar-refractivity contribution in [2.75, 3.05) is 0 Å². The first-order chi connectivity index (χ1) is 9.41. The van der Waals surface area contributed by atoms with Crippen LogP contribution >= 0.6 is 0 Å². The SMILES string of the molecule is Cc1ccc(CN)c(Oc2ccccc2C(F)(F)F)c1. The first kappa shape index (κ1) is 14.4. The summed E-state index contributed by atoms with van der Waals surface area (Å²) in [6, 6.07) is 10.4. The van der Waals surface area contributed by atoms with Gasteiger partial charge in [-0.2, -0.15) is 13.2 Å². The van der Waals surface area contributed by atoms with E-state index in [1.807, 2.05) is 13.0 Å². The molecule has 2 nitrogen and oxygen atoms in total. The van der Waals surface area contributed by atoms with Gasteiger partial charge >= 0.3 is 6.18 Å². The molecule has 2 N–H and O–H groups in total. The zero-order valence-corrected chi connectivity index (χ0v) is 10.9. The summed E-state index contributed by atoms with van der Waals surface area (Å²) in [5.41, 5.74) is 6.32. The number of rotatable bonds is 3. The first-order valence-electron chi connectivity index (χ1n) is 6.05. The molecule has 5 heteroatoms. The van der Waals surface area contributed by atoms with Gasteiger partial charge in [-0.3, -0.25) is 0 Å². The van der Waals surface area contributed by atoms with Crippen LogP contribution in [0.1, 0.15) is 16.7 Å². The molecule has 2 aromatic rings. The van der Waals surface area contributed by atoms with Crippen LogP contribution in [0.15, 0.2) is 42.5 Å². The maximum atomic E-state index is 12.9. The number of nitrogens with two attached hydrogens (primary N) is 1. The third kappa shape index (κ3) is 3.11. The lowest BCUT2D eigenvalue weighted by Crippen LogP contribution is -2.07. The Morgan fingerprint density at radius 3 is 2.40 bits per heavy atom. The van der Waals surface area contributed by atoms with Gasteiger partial charge in [-0.05, 0) is 30.7 Å². The summed E-state index contributed by atoms with van der Waals surface area (Å²) in [4.78, 5) is 0. The van der Waals surface area contributed by atoms with Crippen LogP contribution in [0.2, 0.25) is 0 Å². The number of ether oxygens (including phenoxy) is 1. The van der Waals surface area contributed by atoms with E-state index in [0.717, 1.165) is 11.6 Å². The molecule has 0 heterocycles. The van der Waals surface area contributed by atoms with E-state index in [2.05, 4.69) is 0 Å². The summed E-state index contributed by atoms with van der Waals surface area (Å²) < 4.78 is 44.2. The average molecular weight is 281 g/mol. The van der Waals surface area contributed by atoms with E-state index in [9.17, 15) is 13.2 Å². The van der Waals surface area contributed by atoms with Crippen LogP contribution in [0, 0.1) is 6.92 Å². The van der Waals surface area contributed by atoms with Crippen molar-refractivity contribution < 1.29 is 17.9 Å². The fraction of sp³-hybridized carbons (Fsp3) is 0.200. The molecular weight excluding hydrogens is 267 g/mol. The van der Waals surface area contributed by atoms with Crippen molar-refractivity contribution in [2.45, 2.75) is 19.6 Å². The summed E-state index contributed by atoms with van der Waals surface area (Å²) in [5.74, 6) is 0.129. The lowest BCUT2D eigenvalue weighted by molar-refractivity contribution is -0.138. The van der Waals surface area contributed by atoms with E-state index in [4.69, 9.17) is 10.5 Å². The van der Waals surface area contributed by atoms with E-state index >= 15 is 0 Å². The van der Waals surface area contributed by atoms with E-state index in [1.165, 1.54) is 18.2 Å². The molecule has 0 saturated carbocycles. The van der Waals surface area contributed by atoms with Gasteiger partial charge in [-0.15, -0.1) is 0 Å². The molecule has 2 rings (SSSR count). The summed E-state index contributed by atoms with van der Waals surface area (Å²) >= 11 is 0. The van der Waals surface area contributed by atoms with Gasteiger partial charge in [0, 0.05) is 12.1 Å². The molecule has 0 unspecified atom stereocenters. The van der Waals surface area contributed by atoms with E-state index in [-0.39, 0.29) is 12.3 Å². The highest BCUT2D eigenvalue weighted by Crippen LogP contribution is 2.38. The summed E-state index contributed by atoms with van der Waals surface area (Å²) in [6.07, 6.45) is -4.46. The lowest BCUT2D eigenvalue weighted by atomic mass is 10.1. The molecule has 0 aliphatic heterocycles. The Hall–Kier alpha value is -2.01. The highest BCUT2D eigenvalue weighted by Gasteiger charge is 2.34. The van der Waals surface area contributed by atoms with Crippen LogP contribution in [-0.2, 0) is 12.7 Å². The van der Waals surface area contributed by atoms with E-state index < -0.39 is 11.7 Å². The molecule has 106 valence electrons. The van der Waals surface area contributed by atoms with Crippen LogP contribution < -0.4 is 10.5 Å². The summed E-state index contributed by atoms with van der Waals surface area (Å²) in [5, 5.41) is 0. The van der Waals surface area contributed by atoms with Crippen molar-refractivity contribution in [3.05, 3.63) is 59.2 Å². The predicted molar refractivity (Wildman–Crippen MR) is 70.6 cm³/mol. The highest BCUT2D eigenvalue weighted by molar-refractivity contribution is 5.43. The summed E-state index contributed by atoms with van der Waals surface area (Å²) in [7, 11) is 0. The maximum Gasteiger partial charge on any atom is 0.419 e. The third-order valence-electron chi connectivity index (χ3n) is 2.85. The second kappa shape index (κ2) is 5.54. The van der Waals surface area contributed by atoms with Crippen molar-refractivity contribution >= 4 is 0 Å². The van der Waals surface area contributed by atoms with Crippen molar-refractivity contribution in [3.8, 4) is 11.5 Å². The fourth-order valence-electron chi connectivity index (χ4n) is 1.83. The van der Waals surface area contributed by atoms with Crippen LogP contribution in [0.25, 0.3) is 0 Å².